The molecule has 16 heavy (non-hydrogen) atoms. The smallest absolute Gasteiger partial charge is 0.0738 e. The molecule has 1 N–H and O–H groups in total. The van der Waals surface area contributed by atoms with Crippen LogP contribution in [-0.4, -0.2) is 21.5 Å². The maximum absolute atomic E-state index is 3.92. The zero-order valence-corrected chi connectivity index (χ0v) is 10.3. The van der Waals surface area contributed by atoms with Crippen molar-refractivity contribution in [2.75, 3.05) is 6.54 Å². The maximum atomic E-state index is 3.92. The molecule has 0 bridgehead atoms. The van der Waals surface area contributed by atoms with Crippen LogP contribution in [0.2, 0.25) is 0 Å². The van der Waals surface area contributed by atoms with Gasteiger partial charge in [0, 0.05) is 13.6 Å². The summed E-state index contributed by atoms with van der Waals surface area (Å²) in [6.07, 6.45) is 7.41. The monoisotopic (exact) mass is 222 g/mol. The summed E-state index contributed by atoms with van der Waals surface area (Å²) >= 11 is 0. The molecule has 90 valence electrons. The molecule has 1 fully saturated rings. The van der Waals surface area contributed by atoms with Gasteiger partial charge in [0.1, 0.15) is 0 Å². The SMILES string of the molecule is CC1CCC(CNCc2cnnn2C)CC1. The number of aromatic nitrogens is 3. The Morgan fingerprint density at radius 2 is 2.12 bits per heavy atom. The molecule has 1 aliphatic carbocycles. The summed E-state index contributed by atoms with van der Waals surface area (Å²) in [5.74, 6) is 1.81. The first-order valence-electron chi connectivity index (χ1n) is 6.30. The van der Waals surface area contributed by atoms with Gasteiger partial charge < -0.3 is 5.32 Å². The summed E-state index contributed by atoms with van der Waals surface area (Å²) in [5.41, 5.74) is 1.16. The van der Waals surface area contributed by atoms with Crippen molar-refractivity contribution in [3.63, 3.8) is 0 Å². The second-order valence-electron chi connectivity index (χ2n) is 5.11. The van der Waals surface area contributed by atoms with E-state index in [0.717, 1.165) is 30.6 Å². The van der Waals surface area contributed by atoms with Crippen molar-refractivity contribution in [2.24, 2.45) is 18.9 Å². The molecule has 2 rings (SSSR count). The molecule has 0 radical (unpaired) electrons. The van der Waals surface area contributed by atoms with Gasteiger partial charge in [0.15, 0.2) is 0 Å². The molecule has 0 spiro atoms. The normalized spacial score (nSPS) is 25.9. The first kappa shape index (κ1) is 11.6. The van der Waals surface area contributed by atoms with E-state index in [0.29, 0.717) is 0 Å². The summed E-state index contributed by atoms with van der Waals surface area (Å²) in [7, 11) is 1.94. The Hall–Kier alpha value is -0.900. The molecule has 0 unspecified atom stereocenters. The van der Waals surface area contributed by atoms with Crippen LogP contribution in [0.5, 0.6) is 0 Å². The highest BCUT2D eigenvalue weighted by Gasteiger charge is 2.17. The standard InChI is InChI=1S/C12H22N4/c1-10-3-5-11(6-4-10)7-13-8-12-9-14-15-16(12)2/h9-11,13H,3-8H2,1-2H3. The highest BCUT2D eigenvalue weighted by molar-refractivity contribution is 4.92. The van der Waals surface area contributed by atoms with E-state index in [9.17, 15) is 0 Å². The van der Waals surface area contributed by atoms with E-state index in [2.05, 4.69) is 22.6 Å². The van der Waals surface area contributed by atoms with Crippen LogP contribution in [0.25, 0.3) is 0 Å². The van der Waals surface area contributed by atoms with Crippen molar-refractivity contribution in [3.8, 4) is 0 Å². The highest BCUT2D eigenvalue weighted by Crippen LogP contribution is 2.27. The van der Waals surface area contributed by atoms with Crippen LogP contribution in [0, 0.1) is 11.8 Å². The molecule has 1 aliphatic rings. The molecule has 4 heteroatoms. The lowest BCUT2D eigenvalue weighted by Gasteiger charge is -2.26. The Labute approximate surface area is 97.4 Å². The van der Waals surface area contributed by atoms with Crippen molar-refractivity contribution in [3.05, 3.63) is 11.9 Å². The van der Waals surface area contributed by atoms with Gasteiger partial charge in [0.25, 0.3) is 0 Å². The molecule has 0 aliphatic heterocycles. The average molecular weight is 222 g/mol. The molecule has 4 nitrogen and oxygen atoms in total. The van der Waals surface area contributed by atoms with Crippen LogP contribution in [-0.2, 0) is 13.6 Å². The van der Waals surface area contributed by atoms with E-state index in [1.807, 2.05) is 17.9 Å². The zero-order chi connectivity index (χ0) is 11.4. The predicted octanol–water partition coefficient (Wildman–Crippen LogP) is 1.73. The highest BCUT2D eigenvalue weighted by atomic mass is 15.4. The second-order valence-corrected chi connectivity index (χ2v) is 5.11. The Morgan fingerprint density at radius 1 is 1.38 bits per heavy atom. The molecule has 1 saturated carbocycles. The Kier molecular flexibility index (Phi) is 3.93. The first-order valence-corrected chi connectivity index (χ1v) is 6.30. The minimum absolute atomic E-state index is 0.873. The fraction of sp³-hybridized carbons (Fsp3) is 0.833. The lowest BCUT2D eigenvalue weighted by molar-refractivity contribution is 0.281. The molecule has 0 saturated heterocycles. The van der Waals surface area contributed by atoms with Gasteiger partial charge in [-0.05, 0) is 31.2 Å². The zero-order valence-electron chi connectivity index (χ0n) is 10.3. The van der Waals surface area contributed by atoms with Gasteiger partial charge in [0.2, 0.25) is 0 Å². The van der Waals surface area contributed by atoms with Crippen molar-refractivity contribution in [2.45, 2.75) is 39.2 Å². The molecular formula is C12H22N4. The second kappa shape index (κ2) is 5.43. The van der Waals surface area contributed by atoms with Crippen LogP contribution in [0.4, 0.5) is 0 Å². The van der Waals surface area contributed by atoms with Crippen LogP contribution in [0.3, 0.4) is 0 Å². The van der Waals surface area contributed by atoms with Gasteiger partial charge in [-0.15, -0.1) is 5.10 Å². The van der Waals surface area contributed by atoms with E-state index >= 15 is 0 Å². The van der Waals surface area contributed by atoms with Crippen LogP contribution in [0.1, 0.15) is 38.3 Å². The molecular weight excluding hydrogens is 200 g/mol. The minimum Gasteiger partial charge on any atom is -0.311 e. The third-order valence-corrected chi connectivity index (χ3v) is 3.68. The van der Waals surface area contributed by atoms with Crippen LogP contribution in [0.15, 0.2) is 6.20 Å². The lowest BCUT2D eigenvalue weighted by Crippen LogP contribution is -2.26. The van der Waals surface area contributed by atoms with Gasteiger partial charge in [-0.3, -0.25) is 4.68 Å². The number of nitrogens with zero attached hydrogens (tertiary/aromatic N) is 3. The summed E-state index contributed by atoms with van der Waals surface area (Å²) in [4.78, 5) is 0. The van der Waals surface area contributed by atoms with Crippen molar-refractivity contribution < 1.29 is 0 Å². The third kappa shape index (κ3) is 3.04. The molecule has 0 atom stereocenters. The van der Waals surface area contributed by atoms with Crippen molar-refractivity contribution in [1.82, 2.24) is 20.3 Å². The number of nitrogens with one attached hydrogen (secondary N) is 1. The summed E-state index contributed by atoms with van der Waals surface area (Å²) in [5, 5.41) is 11.3. The lowest BCUT2D eigenvalue weighted by atomic mass is 9.83. The van der Waals surface area contributed by atoms with E-state index in [1.165, 1.54) is 25.7 Å². The quantitative estimate of drug-likeness (QED) is 0.843. The Bertz CT molecular complexity index is 313. The van der Waals surface area contributed by atoms with Crippen molar-refractivity contribution in [1.29, 1.82) is 0 Å². The number of hydrogen-bond donors (Lipinski definition) is 1. The molecule has 1 aromatic heterocycles. The van der Waals surface area contributed by atoms with Gasteiger partial charge >= 0.3 is 0 Å². The molecule has 0 amide bonds. The fourth-order valence-corrected chi connectivity index (χ4v) is 2.41. The Balaban J connectivity index is 1.67. The van der Waals surface area contributed by atoms with Crippen LogP contribution >= 0.6 is 0 Å². The van der Waals surface area contributed by atoms with E-state index in [-0.39, 0.29) is 0 Å². The topological polar surface area (TPSA) is 42.7 Å². The first-order chi connectivity index (χ1) is 7.75. The fourth-order valence-electron chi connectivity index (χ4n) is 2.41. The Morgan fingerprint density at radius 3 is 2.75 bits per heavy atom. The van der Waals surface area contributed by atoms with Crippen LogP contribution < -0.4 is 5.32 Å². The largest absolute Gasteiger partial charge is 0.311 e. The van der Waals surface area contributed by atoms with Crippen molar-refractivity contribution >= 4 is 0 Å². The number of hydrogen-bond acceptors (Lipinski definition) is 3. The van der Waals surface area contributed by atoms with Gasteiger partial charge in [-0.1, -0.05) is 25.0 Å². The predicted molar refractivity (Wildman–Crippen MR) is 63.8 cm³/mol. The molecule has 0 aromatic carbocycles. The van der Waals surface area contributed by atoms with Gasteiger partial charge in [-0.2, -0.15) is 0 Å². The van der Waals surface area contributed by atoms with E-state index < -0.39 is 0 Å². The van der Waals surface area contributed by atoms with Gasteiger partial charge in [-0.25, -0.2) is 0 Å². The van der Waals surface area contributed by atoms with E-state index in [1.54, 1.807) is 0 Å². The third-order valence-electron chi connectivity index (χ3n) is 3.68. The number of aryl methyl sites for hydroxylation is 1. The van der Waals surface area contributed by atoms with E-state index in [4.69, 9.17) is 0 Å². The summed E-state index contributed by atoms with van der Waals surface area (Å²) < 4.78 is 1.83. The average Bonchev–Trinajstić information content (AvgIpc) is 2.68. The number of rotatable bonds is 4. The minimum atomic E-state index is 0.873. The maximum Gasteiger partial charge on any atom is 0.0738 e. The molecule has 1 aromatic rings. The molecule has 1 heterocycles. The summed E-state index contributed by atoms with van der Waals surface area (Å²) in [6.45, 7) is 4.39. The van der Waals surface area contributed by atoms with Gasteiger partial charge in [0.05, 0.1) is 11.9 Å². The summed E-state index contributed by atoms with van der Waals surface area (Å²) in [6, 6.07) is 0.